The van der Waals surface area contributed by atoms with Gasteiger partial charge >= 0.3 is 6.09 Å². The van der Waals surface area contributed by atoms with Crippen molar-refractivity contribution in [3.8, 4) is 11.1 Å². The lowest BCUT2D eigenvalue weighted by Gasteiger charge is -2.15. The minimum absolute atomic E-state index is 0.0595. The summed E-state index contributed by atoms with van der Waals surface area (Å²) in [5, 5.41) is 12.1. The third kappa shape index (κ3) is 3.22. The Morgan fingerprint density at radius 3 is 2.26 bits per heavy atom. The Kier molecular flexibility index (Phi) is 4.63. The fourth-order valence-electron chi connectivity index (χ4n) is 2.99. The largest absolute Gasteiger partial charge is 0.449 e. The number of aliphatic hydroxyl groups is 1. The molecule has 120 valence electrons. The number of hydrogen-bond acceptors (Lipinski definition) is 3. The molecule has 1 aliphatic rings. The van der Waals surface area contributed by atoms with Gasteiger partial charge in [-0.2, -0.15) is 0 Å². The number of carbonyl (C=O) groups excluding carboxylic acids is 1. The summed E-state index contributed by atoms with van der Waals surface area (Å²) in [6, 6.07) is 16.4. The van der Waals surface area contributed by atoms with Crippen LogP contribution >= 0.6 is 0 Å². The van der Waals surface area contributed by atoms with Crippen molar-refractivity contribution in [1.82, 2.24) is 5.32 Å². The molecular weight excluding hydrogens is 290 g/mol. The van der Waals surface area contributed by atoms with Gasteiger partial charge in [0.15, 0.2) is 0 Å². The molecule has 0 saturated carbocycles. The van der Waals surface area contributed by atoms with E-state index in [1.165, 1.54) is 22.3 Å². The lowest BCUT2D eigenvalue weighted by atomic mass is 9.98. The molecule has 0 spiro atoms. The Morgan fingerprint density at radius 2 is 1.70 bits per heavy atom. The van der Waals surface area contributed by atoms with Crippen molar-refractivity contribution in [3.05, 3.63) is 59.7 Å². The van der Waals surface area contributed by atoms with Crippen molar-refractivity contribution in [2.45, 2.75) is 25.4 Å². The predicted molar refractivity (Wildman–Crippen MR) is 89.4 cm³/mol. The van der Waals surface area contributed by atoms with Crippen LogP contribution in [0.1, 0.15) is 30.4 Å². The van der Waals surface area contributed by atoms with Crippen LogP contribution in [0.5, 0.6) is 0 Å². The van der Waals surface area contributed by atoms with Crippen molar-refractivity contribution in [3.63, 3.8) is 0 Å². The molecule has 1 aliphatic carbocycles. The molecule has 23 heavy (non-hydrogen) atoms. The number of alkyl carbamates (subject to hydrolysis) is 1. The zero-order valence-electron chi connectivity index (χ0n) is 13.2. The van der Waals surface area contributed by atoms with E-state index < -0.39 is 12.2 Å². The normalized spacial score (nSPS) is 14.0. The van der Waals surface area contributed by atoms with Gasteiger partial charge in [-0.25, -0.2) is 4.79 Å². The summed E-state index contributed by atoms with van der Waals surface area (Å²) in [6.45, 7) is 2.37. The first kappa shape index (κ1) is 15.6. The number of benzene rings is 2. The molecule has 2 aromatic carbocycles. The summed E-state index contributed by atoms with van der Waals surface area (Å²) in [4.78, 5) is 11.8. The number of carbonyl (C=O) groups is 1. The van der Waals surface area contributed by atoms with Crippen molar-refractivity contribution >= 4 is 6.09 Å². The average molecular weight is 311 g/mol. The molecule has 0 unspecified atom stereocenters. The first-order chi connectivity index (χ1) is 11.2. The first-order valence-corrected chi connectivity index (χ1v) is 7.97. The molecule has 4 nitrogen and oxygen atoms in total. The van der Waals surface area contributed by atoms with E-state index in [9.17, 15) is 9.90 Å². The van der Waals surface area contributed by atoms with Gasteiger partial charge in [0.25, 0.3) is 0 Å². The van der Waals surface area contributed by atoms with Crippen LogP contribution < -0.4 is 5.32 Å². The van der Waals surface area contributed by atoms with Crippen LogP contribution in [0, 0.1) is 0 Å². The van der Waals surface area contributed by atoms with Crippen molar-refractivity contribution < 1.29 is 14.6 Å². The monoisotopic (exact) mass is 311 g/mol. The predicted octanol–water partition coefficient (Wildman–Crippen LogP) is 3.30. The van der Waals surface area contributed by atoms with E-state index in [1.807, 2.05) is 31.2 Å². The molecule has 1 amide bonds. The first-order valence-electron chi connectivity index (χ1n) is 7.97. The maximum Gasteiger partial charge on any atom is 0.407 e. The number of nitrogens with one attached hydrogen (secondary N) is 1. The highest BCUT2D eigenvalue weighted by molar-refractivity contribution is 5.79. The second-order valence-electron chi connectivity index (χ2n) is 5.77. The zero-order chi connectivity index (χ0) is 16.2. The fraction of sp³-hybridized carbons (Fsp3) is 0.316. The van der Waals surface area contributed by atoms with E-state index in [0.717, 1.165) is 0 Å². The molecule has 0 saturated heterocycles. The molecule has 0 radical (unpaired) electrons. The molecule has 0 fully saturated rings. The van der Waals surface area contributed by atoms with Gasteiger partial charge < -0.3 is 15.2 Å². The molecule has 0 aromatic heterocycles. The van der Waals surface area contributed by atoms with Gasteiger partial charge in [0, 0.05) is 12.5 Å². The Labute approximate surface area is 136 Å². The van der Waals surface area contributed by atoms with Crippen LogP contribution in [0.25, 0.3) is 11.1 Å². The number of ether oxygens (including phenoxy) is 1. The number of aliphatic hydroxyl groups excluding tert-OH is 1. The Hall–Kier alpha value is -2.33. The molecule has 0 heterocycles. The van der Waals surface area contributed by atoms with E-state index in [4.69, 9.17) is 4.74 Å². The minimum Gasteiger partial charge on any atom is -0.449 e. The number of amides is 1. The van der Waals surface area contributed by atoms with Crippen LogP contribution in [-0.2, 0) is 4.74 Å². The molecule has 1 atom stereocenters. The molecule has 0 aliphatic heterocycles. The second-order valence-corrected chi connectivity index (χ2v) is 5.77. The van der Waals surface area contributed by atoms with Crippen molar-refractivity contribution in [1.29, 1.82) is 0 Å². The molecular formula is C19H21NO3. The molecule has 4 heteroatoms. The topological polar surface area (TPSA) is 58.6 Å². The van der Waals surface area contributed by atoms with Crippen molar-refractivity contribution in [2.75, 3.05) is 13.2 Å². The van der Waals surface area contributed by atoms with Gasteiger partial charge in [-0.15, -0.1) is 0 Å². The van der Waals surface area contributed by atoms with Gasteiger partial charge in [0.2, 0.25) is 0 Å². The van der Waals surface area contributed by atoms with E-state index in [2.05, 4.69) is 29.6 Å². The number of rotatable bonds is 5. The van der Waals surface area contributed by atoms with Crippen molar-refractivity contribution in [2.24, 2.45) is 0 Å². The fourth-order valence-corrected chi connectivity index (χ4v) is 2.99. The van der Waals surface area contributed by atoms with Crippen LogP contribution in [0.3, 0.4) is 0 Å². The summed E-state index contributed by atoms with van der Waals surface area (Å²) in [6.07, 6.45) is -0.418. The van der Waals surface area contributed by atoms with Gasteiger partial charge in [-0.1, -0.05) is 55.5 Å². The molecule has 0 bridgehead atoms. The average Bonchev–Trinajstić information content (AvgIpc) is 2.92. The summed E-state index contributed by atoms with van der Waals surface area (Å²) < 4.78 is 5.37. The summed E-state index contributed by atoms with van der Waals surface area (Å²) in [5.74, 6) is 0.0595. The quantitative estimate of drug-likeness (QED) is 0.891. The Bertz CT molecular complexity index is 653. The van der Waals surface area contributed by atoms with Gasteiger partial charge in [-0.05, 0) is 28.7 Å². The zero-order valence-corrected chi connectivity index (χ0v) is 13.2. The van der Waals surface area contributed by atoms with Crippen LogP contribution in [-0.4, -0.2) is 30.5 Å². The summed E-state index contributed by atoms with van der Waals surface area (Å²) >= 11 is 0. The maximum atomic E-state index is 11.8. The van der Waals surface area contributed by atoms with Crippen LogP contribution in [0.4, 0.5) is 4.79 Å². The van der Waals surface area contributed by atoms with E-state index in [-0.39, 0.29) is 12.5 Å². The number of fused-ring (bicyclic) bond motifs is 3. The summed E-state index contributed by atoms with van der Waals surface area (Å²) in [7, 11) is 0. The molecule has 2 aromatic rings. The Morgan fingerprint density at radius 1 is 1.13 bits per heavy atom. The lowest BCUT2D eigenvalue weighted by Crippen LogP contribution is -2.32. The highest BCUT2D eigenvalue weighted by atomic mass is 16.5. The van der Waals surface area contributed by atoms with Gasteiger partial charge in [0.05, 0.1) is 6.10 Å². The van der Waals surface area contributed by atoms with E-state index in [1.54, 1.807) is 0 Å². The Balaban J connectivity index is 1.70. The van der Waals surface area contributed by atoms with E-state index in [0.29, 0.717) is 13.0 Å². The standard InChI is InChI=1S/C19H21NO3/c1-2-13(21)11-20-19(22)23-12-18-16-9-5-3-7-14(16)15-8-4-6-10-17(15)18/h3-10,13,18,21H,2,11-12H2,1H3,(H,20,22)/t13-/m0/s1. The smallest absolute Gasteiger partial charge is 0.407 e. The number of hydrogen-bond donors (Lipinski definition) is 2. The molecule has 3 rings (SSSR count). The summed E-state index contributed by atoms with van der Waals surface area (Å²) in [5.41, 5.74) is 4.79. The van der Waals surface area contributed by atoms with Gasteiger partial charge in [-0.3, -0.25) is 0 Å². The maximum absolute atomic E-state index is 11.8. The minimum atomic E-state index is -0.532. The third-order valence-corrected chi connectivity index (χ3v) is 4.30. The van der Waals surface area contributed by atoms with Crippen LogP contribution in [0.2, 0.25) is 0 Å². The highest BCUT2D eigenvalue weighted by Gasteiger charge is 2.28. The second kappa shape index (κ2) is 6.84. The van der Waals surface area contributed by atoms with Crippen LogP contribution in [0.15, 0.2) is 48.5 Å². The lowest BCUT2D eigenvalue weighted by molar-refractivity contribution is 0.127. The van der Waals surface area contributed by atoms with Gasteiger partial charge in [0.1, 0.15) is 6.61 Å². The van der Waals surface area contributed by atoms with E-state index >= 15 is 0 Å². The SMILES string of the molecule is CC[C@H](O)CNC(=O)OCC1c2ccccc2-c2ccccc21. The molecule has 2 N–H and O–H groups in total. The third-order valence-electron chi connectivity index (χ3n) is 4.30. The highest BCUT2D eigenvalue weighted by Crippen LogP contribution is 2.44.